The molecule has 0 bridgehead atoms. The highest BCUT2D eigenvalue weighted by Gasteiger charge is 2.20. The van der Waals surface area contributed by atoms with E-state index in [0.29, 0.717) is 18.3 Å². The molecule has 0 saturated carbocycles. The molecule has 0 aromatic heterocycles. The Balaban J connectivity index is 2.33. The van der Waals surface area contributed by atoms with E-state index in [0.717, 1.165) is 32.7 Å². The highest BCUT2D eigenvalue weighted by Crippen LogP contribution is 2.10. The molecule has 0 amide bonds. The van der Waals surface area contributed by atoms with Crippen LogP contribution in [0.4, 0.5) is 0 Å². The van der Waals surface area contributed by atoms with Crippen molar-refractivity contribution in [2.45, 2.75) is 25.8 Å². The van der Waals surface area contributed by atoms with Crippen LogP contribution in [0.2, 0.25) is 0 Å². The lowest BCUT2D eigenvalue weighted by Gasteiger charge is -2.34. The smallest absolute Gasteiger partial charge is 0.140 e. The van der Waals surface area contributed by atoms with Crippen LogP contribution < -0.4 is 5.73 Å². The van der Waals surface area contributed by atoms with E-state index in [-0.39, 0.29) is 0 Å². The van der Waals surface area contributed by atoms with E-state index in [4.69, 9.17) is 15.7 Å². The molecule has 3 N–H and O–H groups in total. The number of hydrogen-bond donors (Lipinski definition) is 2. The molecule has 1 fully saturated rings. The number of morpholine rings is 1. The second kappa shape index (κ2) is 5.82. The molecule has 0 aromatic carbocycles. The summed E-state index contributed by atoms with van der Waals surface area (Å²) in [5, 5.41) is 11.4. The fourth-order valence-corrected chi connectivity index (χ4v) is 1.67. The van der Waals surface area contributed by atoms with Gasteiger partial charge in [-0.15, -0.1) is 0 Å². The lowest BCUT2D eigenvalue weighted by molar-refractivity contribution is -0.00724. The molecule has 1 heterocycles. The summed E-state index contributed by atoms with van der Waals surface area (Å²) in [5.74, 6) is 0.298. The van der Waals surface area contributed by atoms with Crippen LogP contribution in [-0.2, 0) is 4.74 Å². The van der Waals surface area contributed by atoms with Crippen molar-refractivity contribution in [1.82, 2.24) is 4.90 Å². The Bertz CT molecular complexity index is 196. The Hall–Kier alpha value is -0.810. The van der Waals surface area contributed by atoms with Crippen molar-refractivity contribution in [3.63, 3.8) is 0 Å². The van der Waals surface area contributed by atoms with Crippen molar-refractivity contribution >= 4 is 5.84 Å². The lowest BCUT2D eigenvalue weighted by atomic mass is 10.1. The Morgan fingerprint density at radius 1 is 1.71 bits per heavy atom. The zero-order valence-corrected chi connectivity index (χ0v) is 8.65. The van der Waals surface area contributed by atoms with Gasteiger partial charge in [-0.1, -0.05) is 12.1 Å². The van der Waals surface area contributed by atoms with Gasteiger partial charge in [-0.25, -0.2) is 0 Å². The summed E-state index contributed by atoms with van der Waals surface area (Å²) in [7, 11) is 0. The molecule has 0 aromatic rings. The van der Waals surface area contributed by atoms with Gasteiger partial charge >= 0.3 is 0 Å². The van der Waals surface area contributed by atoms with E-state index in [1.54, 1.807) is 0 Å². The largest absolute Gasteiger partial charge is 0.409 e. The van der Waals surface area contributed by atoms with Crippen LogP contribution >= 0.6 is 0 Å². The topological polar surface area (TPSA) is 71.1 Å². The first-order valence-electron chi connectivity index (χ1n) is 5.06. The van der Waals surface area contributed by atoms with Crippen LogP contribution in [0.25, 0.3) is 0 Å². The minimum absolute atomic E-state index is 0.298. The normalized spacial score (nSPS) is 25.2. The maximum atomic E-state index is 8.41. The molecule has 1 aliphatic rings. The third kappa shape index (κ3) is 3.16. The molecular formula is C9H19N3O2. The van der Waals surface area contributed by atoms with E-state index < -0.39 is 0 Å². The monoisotopic (exact) mass is 201 g/mol. The van der Waals surface area contributed by atoms with Gasteiger partial charge in [0.25, 0.3) is 0 Å². The zero-order valence-electron chi connectivity index (χ0n) is 8.65. The van der Waals surface area contributed by atoms with Crippen LogP contribution in [0.1, 0.15) is 19.8 Å². The number of rotatable bonds is 4. The molecule has 14 heavy (non-hydrogen) atoms. The van der Waals surface area contributed by atoms with Gasteiger partial charge in [0.2, 0.25) is 0 Å². The van der Waals surface area contributed by atoms with Crippen molar-refractivity contribution in [3.05, 3.63) is 0 Å². The van der Waals surface area contributed by atoms with Gasteiger partial charge in [-0.2, -0.15) is 0 Å². The van der Waals surface area contributed by atoms with Gasteiger partial charge in [-0.05, 0) is 6.42 Å². The summed E-state index contributed by atoms with van der Waals surface area (Å²) in [5.41, 5.74) is 5.42. The maximum absolute atomic E-state index is 8.41. The van der Waals surface area contributed by atoms with Crippen molar-refractivity contribution in [2.24, 2.45) is 10.9 Å². The number of nitrogens with zero attached hydrogens (tertiary/aromatic N) is 2. The van der Waals surface area contributed by atoms with Gasteiger partial charge in [0.15, 0.2) is 0 Å². The third-order valence-electron chi connectivity index (χ3n) is 2.60. The van der Waals surface area contributed by atoms with E-state index in [1.807, 2.05) is 0 Å². The average molecular weight is 201 g/mol. The Morgan fingerprint density at radius 3 is 3.14 bits per heavy atom. The van der Waals surface area contributed by atoms with E-state index in [2.05, 4.69) is 17.0 Å². The van der Waals surface area contributed by atoms with Gasteiger partial charge < -0.3 is 15.7 Å². The molecule has 0 aliphatic carbocycles. The van der Waals surface area contributed by atoms with E-state index in [1.165, 1.54) is 0 Å². The number of hydrogen-bond acceptors (Lipinski definition) is 4. The van der Waals surface area contributed by atoms with Crippen molar-refractivity contribution < 1.29 is 9.94 Å². The SMILES string of the molecule is CCC1COCCN1CC/C(N)=N/O. The first kappa shape index (κ1) is 11.3. The van der Waals surface area contributed by atoms with Gasteiger partial charge in [0, 0.05) is 25.6 Å². The zero-order chi connectivity index (χ0) is 10.4. The van der Waals surface area contributed by atoms with Crippen LogP contribution in [0.15, 0.2) is 5.16 Å². The highest BCUT2D eigenvalue weighted by atomic mass is 16.5. The predicted octanol–water partition coefficient (Wildman–Crippen LogP) is 0.234. The molecule has 82 valence electrons. The van der Waals surface area contributed by atoms with Gasteiger partial charge in [0.1, 0.15) is 5.84 Å². The second-order valence-electron chi connectivity index (χ2n) is 3.51. The summed E-state index contributed by atoms with van der Waals surface area (Å²) in [6.45, 7) is 5.52. The first-order chi connectivity index (χ1) is 6.77. The fourth-order valence-electron chi connectivity index (χ4n) is 1.67. The molecule has 0 spiro atoms. The van der Waals surface area contributed by atoms with E-state index in [9.17, 15) is 0 Å². The molecule has 1 rings (SSSR count). The van der Waals surface area contributed by atoms with Crippen molar-refractivity contribution in [1.29, 1.82) is 0 Å². The first-order valence-corrected chi connectivity index (χ1v) is 5.06. The number of ether oxygens (including phenoxy) is 1. The average Bonchev–Trinajstić information content (AvgIpc) is 2.26. The summed E-state index contributed by atoms with van der Waals surface area (Å²) < 4.78 is 5.38. The van der Waals surface area contributed by atoms with Crippen LogP contribution in [0, 0.1) is 0 Å². The maximum Gasteiger partial charge on any atom is 0.140 e. The minimum Gasteiger partial charge on any atom is -0.409 e. The number of oxime groups is 1. The second-order valence-corrected chi connectivity index (χ2v) is 3.51. The van der Waals surface area contributed by atoms with Crippen molar-refractivity contribution in [2.75, 3.05) is 26.3 Å². The fraction of sp³-hybridized carbons (Fsp3) is 0.889. The molecule has 0 radical (unpaired) electrons. The third-order valence-corrected chi connectivity index (χ3v) is 2.60. The highest BCUT2D eigenvalue weighted by molar-refractivity contribution is 5.79. The minimum atomic E-state index is 0.298. The summed E-state index contributed by atoms with van der Waals surface area (Å²) >= 11 is 0. The Labute approximate surface area is 84.5 Å². The van der Waals surface area contributed by atoms with Crippen LogP contribution in [0.3, 0.4) is 0 Å². The standard InChI is InChI=1S/C9H19N3O2/c1-2-8-7-14-6-5-12(8)4-3-9(10)11-13/h8,13H,2-7H2,1H3,(H2,10,11). The quantitative estimate of drug-likeness (QED) is 0.296. The predicted molar refractivity (Wildman–Crippen MR) is 54.5 cm³/mol. The number of nitrogens with two attached hydrogens (primary N) is 1. The van der Waals surface area contributed by atoms with Gasteiger partial charge in [0.05, 0.1) is 13.2 Å². The van der Waals surface area contributed by atoms with Gasteiger partial charge in [-0.3, -0.25) is 4.90 Å². The summed E-state index contributed by atoms with van der Waals surface area (Å²) in [6.07, 6.45) is 1.70. The van der Waals surface area contributed by atoms with Crippen molar-refractivity contribution in [3.8, 4) is 0 Å². The molecule has 1 unspecified atom stereocenters. The van der Waals surface area contributed by atoms with Crippen LogP contribution in [-0.4, -0.2) is 48.3 Å². The summed E-state index contributed by atoms with van der Waals surface area (Å²) in [6, 6.07) is 0.482. The number of amidine groups is 1. The van der Waals surface area contributed by atoms with Crippen LogP contribution in [0.5, 0.6) is 0 Å². The molecule has 5 nitrogen and oxygen atoms in total. The molecule has 5 heteroatoms. The Kier molecular flexibility index (Phi) is 4.69. The molecule has 1 aliphatic heterocycles. The molecular weight excluding hydrogens is 182 g/mol. The lowest BCUT2D eigenvalue weighted by Crippen LogP contribution is -2.46. The molecule has 1 atom stereocenters. The summed E-state index contributed by atoms with van der Waals surface area (Å²) in [4.78, 5) is 2.33. The molecule has 1 saturated heterocycles. The van der Waals surface area contributed by atoms with E-state index >= 15 is 0 Å². The Morgan fingerprint density at radius 2 is 2.50 bits per heavy atom.